The van der Waals surface area contributed by atoms with Crippen LogP contribution >= 0.6 is 0 Å². The number of nitrogens with zero attached hydrogens (tertiary/aromatic N) is 2. The maximum Gasteiger partial charge on any atom is 0.255 e. The molecule has 4 rings (SSSR count). The van der Waals surface area contributed by atoms with Crippen molar-refractivity contribution in [2.75, 3.05) is 0 Å². The molecule has 0 unspecified atom stereocenters. The molecule has 26 heavy (non-hydrogen) atoms. The molecule has 3 aromatic rings. The number of H-pyrrole nitrogens is 1. The smallest absolute Gasteiger partial charge is 0.255 e. The monoisotopic (exact) mass is 346 g/mol. The van der Waals surface area contributed by atoms with Gasteiger partial charge in [0.1, 0.15) is 5.52 Å². The van der Waals surface area contributed by atoms with Gasteiger partial charge in [-0.1, -0.05) is 29.8 Å². The molecule has 2 heterocycles. The van der Waals surface area contributed by atoms with Crippen LogP contribution in [-0.2, 0) is 6.42 Å². The summed E-state index contributed by atoms with van der Waals surface area (Å²) < 4.78 is 0. The Bertz CT molecular complexity index is 1050. The summed E-state index contributed by atoms with van der Waals surface area (Å²) in [5.41, 5.74) is 7.15. The second-order valence-corrected chi connectivity index (χ2v) is 7.90. The van der Waals surface area contributed by atoms with Crippen LogP contribution in [0.1, 0.15) is 49.2 Å². The first-order valence-corrected chi connectivity index (χ1v) is 8.78. The SMILES string of the molecule is CC1=Cc2cccc(-c3cnc4[nH]cc(C(=O)NC(C)(C)C)c4n3)c2C1. The molecular weight excluding hydrogens is 324 g/mol. The predicted molar refractivity (Wildman–Crippen MR) is 104 cm³/mol. The molecule has 2 N–H and O–H groups in total. The van der Waals surface area contributed by atoms with E-state index in [-0.39, 0.29) is 11.4 Å². The number of rotatable bonds is 2. The molecule has 0 spiro atoms. The van der Waals surface area contributed by atoms with E-state index in [0.29, 0.717) is 16.7 Å². The number of aromatic amines is 1. The van der Waals surface area contributed by atoms with Crippen molar-refractivity contribution in [3.8, 4) is 11.3 Å². The average molecular weight is 346 g/mol. The number of carbonyl (C=O) groups is 1. The van der Waals surface area contributed by atoms with Crippen molar-refractivity contribution in [3.63, 3.8) is 0 Å². The van der Waals surface area contributed by atoms with E-state index in [9.17, 15) is 4.79 Å². The third kappa shape index (κ3) is 2.90. The fourth-order valence-electron chi connectivity index (χ4n) is 3.37. The summed E-state index contributed by atoms with van der Waals surface area (Å²) in [6.45, 7) is 8.01. The highest BCUT2D eigenvalue weighted by molar-refractivity contribution is 6.05. The quantitative estimate of drug-likeness (QED) is 0.733. The number of allylic oxidation sites excluding steroid dienone is 1. The molecule has 0 fully saturated rings. The minimum absolute atomic E-state index is 0.147. The Balaban J connectivity index is 1.79. The zero-order valence-corrected chi connectivity index (χ0v) is 15.5. The van der Waals surface area contributed by atoms with Gasteiger partial charge in [-0.05, 0) is 45.2 Å². The van der Waals surface area contributed by atoms with E-state index in [1.54, 1.807) is 12.4 Å². The van der Waals surface area contributed by atoms with Gasteiger partial charge in [-0.3, -0.25) is 4.79 Å². The Morgan fingerprint density at radius 3 is 2.85 bits per heavy atom. The summed E-state index contributed by atoms with van der Waals surface area (Å²) >= 11 is 0. The number of aromatic nitrogens is 3. The molecule has 5 nitrogen and oxygen atoms in total. The Kier molecular flexibility index (Phi) is 3.68. The first-order chi connectivity index (χ1) is 12.3. The van der Waals surface area contributed by atoms with Crippen LogP contribution in [-0.4, -0.2) is 26.4 Å². The van der Waals surface area contributed by atoms with Gasteiger partial charge >= 0.3 is 0 Å². The lowest BCUT2D eigenvalue weighted by Crippen LogP contribution is -2.40. The summed E-state index contributed by atoms with van der Waals surface area (Å²) in [4.78, 5) is 24.9. The summed E-state index contributed by atoms with van der Waals surface area (Å²) in [5, 5.41) is 2.99. The van der Waals surface area contributed by atoms with Crippen molar-refractivity contribution in [1.29, 1.82) is 0 Å². The molecule has 0 bridgehead atoms. The lowest BCUT2D eigenvalue weighted by atomic mass is 10.00. The van der Waals surface area contributed by atoms with Crippen LogP contribution in [0.2, 0.25) is 0 Å². The van der Waals surface area contributed by atoms with E-state index in [2.05, 4.69) is 40.4 Å². The number of fused-ring (bicyclic) bond motifs is 2. The molecule has 0 aliphatic heterocycles. The molecule has 132 valence electrons. The highest BCUT2D eigenvalue weighted by atomic mass is 16.1. The standard InChI is InChI=1S/C21H22N4O/c1-12-8-13-6-5-7-14(15(13)9-12)17-11-23-19-18(24-17)16(10-22-19)20(26)25-21(2,3)4/h5-8,10-11H,9H2,1-4H3,(H,22,23)(H,25,26). The van der Waals surface area contributed by atoms with Gasteiger partial charge in [-0.15, -0.1) is 0 Å². The van der Waals surface area contributed by atoms with E-state index in [0.717, 1.165) is 17.7 Å². The average Bonchev–Trinajstić information content (AvgIpc) is 3.14. The lowest BCUT2D eigenvalue weighted by Gasteiger charge is -2.20. The van der Waals surface area contributed by atoms with Gasteiger partial charge in [0.15, 0.2) is 5.65 Å². The van der Waals surface area contributed by atoms with Gasteiger partial charge in [0.2, 0.25) is 0 Å². The van der Waals surface area contributed by atoms with Gasteiger partial charge in [0.25, 0.3) is 5.91 Å². The normalized spacial score (nSPS) is 13.6. The number of benzene rings is 1. The minimum atomic E-state index is -0.310. The van der Waals surface area contributed by atoms with Crippen LogP contribution in [0.3, 0.4) is 0 Å². The second-order valence-electron chi connectivity index (χ2n) is 7.90. The van der Waals surface area contributed by atoms with Crippen molar-refractivity contribution in [3.05, 3.63) is 52.9 Å². The summed E-state index contributed by atoms with van der Waals surface area (Å²) in [6, 6.07) is 6.24. The van der Waals surface area contributed by atoms with Gasteiger partial charge in [-0.25, -0.2) is 9.97 Å². The third-order valence-corrected chi connectivity index (χ3v) is 4.46. The fraction of sp³-hybridized carbons (Fsp3) is 0.286. The highest BCUT2D eigenvalue weighted by Gasteiger charge is 2.21. The highest BCUT2D eigenvalue weighted by Crippen LogP contribution is 2.33. The molecule has 2 aromatic heterocycles. The Hall–Kier alpha value is -2.95. The Labute approximate surface area is 152 Å². The van der Waals surface area contributed by atoms with Crippen LogP contribution in [0.5, 0.6) is 0 Å². The summed E-state index contributed by atoms with van der Waals surface area (Å²) in [7, 11) is 0. The molecule has 0 radical (unpaired) electrons. The molecule has 1 aromatic carbocycles. The van der Waals surface area contributed by atoms with Crippen LogP contribution in [0.15, 0.2) is 36.2 Å². The molecule has 1 amide bonds. The molecule has 1 aliphatic carbocycles. The molecule has 5 heteroatoms. The largest absolute Gasteiger partial charge is 0.347 e. The van der Waals surface area contributed by atoms with E-state index < -0.39 is 0 Å². The molecule has 0 saturated heterocycles. The van der Waals surface area contributed by atoms with E-state index in [4.69, 9.17) is 4.98 Å². The van der Waals surface area contributed by atoms with E-state index >= 15 is 0 Å². The van der Waals surface area contributed by atoms with E-state index in [1.165, 1.54) is 16.7 Å². The lowest BCUT2D eigenvalue weighted by molar-refractivity contribution is 0.0921. The second kappa shape index (κ2) is 5.80. The van der Waals surface area contributed by atoms with Crippen molar-refractivity contribution < 1.29 is 4.79 Å². The van der Waals surface area contributed by atoms with Crippen LogP contribution in [0, 0.1) is 0 Å². The number of hydrogen-bond donors (Lipinski definition) is 2. The summed E-state index contributed by atoms with van der Waals surface area (Å²) in [5.74, 6) is -0.147. The van der Waals surface area contributed by atoms with Crippen molar-refractivity contribution in [2.24, 2.45) is 0 Å². The number of nitrogens with one attached hydrogen (secondary N) is 2. The number of hydrogen-bond acceptors (Lipinski definition) is 3. The van der Waals surface area contributed by atoms with Gasteiger partial charge in [0, 0.05) is 17.3 Å². The summed E-state index contributed by atoms with van der Waals surface area (Å²) in [6.07, 6.45) is 6.59. The van der Waals surface area contributed by atoms with Crippen LogP contribution < -0.4 is 5.32 Å². The van der Waals surface area contributed by atoms with E-state index in [1.807, 2.05) is 26.8 Å². The Morgan fingerprint density at radius 2 is 2.08 bits per heavy atom. The minimum Gasteiger partial charge on any atom is -0.347 e. The molecule has 0 atom stereocenters. The zero-order valence-electron chi connectivity index (χ0n) is 15.5. The van der Waals surface area contributed by atoms with Crippen molar-refractivity contribution in [1.82, 2.24) is 20.3 Å². The predicted octanol–water partition coefficient (Wildman–Crippen LogP) is 4.11. The maximum absolute atomic E-state index is 12.6. The first kappa shape index (κ1) is 16.5. The topological polar surface area (TPSA) is 70.7 Å². The molecular formula is C21H22N4O. The van der Waals surface area contributed by atoms with Gasteiger partial charge < -0.3 is 10.3 Å². The van der Waals surface area contributed by atoms with Gasteiger partial charge in [-0.2, -0.15) is 0 Å². The number of carbonyl (C=O) groups excluding carboxylic acids is 1. The fourth-order valence-corrected chi connectivity index (χ4v) is 3.37. The maximum atomic E-state index is 12.6. The molecule has 0 saturated carbocycles. The van der Waals surface area contributed by atoms with Crippen LogP contribution in [0.25, 0.3) is 28.5 Å². The zero-order chi connectivity index (χ0) is 18.5. The third-order valence-electron chi connectivity index (χ3n) is 4.46. The molecule has 1 aliphatic rings. The first-order valence-electron chi connectivity index (χ1n) is 8.78. The van der Waals surface area contributed by atoms with Crippen molar-refractivity contribution in [2.45, 2.75) is 39.7 Å². The van der Waals surface area contributed by atoms with Gasteiger partial charge in [0.05, 0.1) is 17.5 Å². The number of amides is 1. The van der Waals surface area contributed by atoms with Crippen LogP contribution in [0.4, 0.5) is 0 Å². The Morgan fingerprint density at radius 1 is 1.27 bits per heavy atom. The van der Waals surface area contributed by atoms with Crippen molar-refractivity contribution >= 4 is 23.1 Å².